The molecule has 382 valence electrons. The number of unbranched alkanes of at least 4 members (excludes halogenated alkanes) is 12. The summed E-state index contributed by atoms with van der Waals surface area (Å²) in [6, 6.07) is 35.1. The standard InChI is InChI=1S/C63H70N5O4S2/c69-44(23-11-8-18-38-65-40-33-45-58-49(65)26-20-28-51(58)71-53-35-42-67-47-24-13-15-30-55(47)73-62(67)60(45)53)22-10-6-4-2-1-3-5-7-17-37-64-57(70)32-12-9-19-39-66-41-34-46-59-50(66)27-21-29-52(59)72-54-36-43-68-48-25-14-16-31-56(48)74-63(68)61(46)54/h13-16,20-21,24-31,33-34,40-41,53-54H,1-12,17-19,22-23,32,35-39,42-43H2/q+1/p+1. The first-order chi connectivity index (χ1) is 36.6. The van der Waals surface area contributed by atoms with Crippen molar-refractivity contribution in [3.8, 4) is 11.5 Å². The third-order valence-corrected chi connectivity index (χ3v) is 18.7. The van der Waals surface area contributed by atoms with E-state index in [2.05, 4.69) is 134 Å². The van der Waals surface area contributed by atoms with Crippen LogP contribution in [0.2, 0.25) is 0 Å². The number of nitrogens with zero attached hydrogens (tertiary/aromatic N) is 4. The molecule has 1 amide bonds. The lowest BCUT2D eigenvalue weighted by atomic mass is 9.90. The minimum absolute atomic E-state index is 0.0855. The van der Waals surface area contributed by atoms with E-state index < -0.39 is 0 Å². The molecule has 0 bridgehead atoms. The number of carbonyl (C=O) groups is 2. The van der Waals surface area contributed by atoms with Crippen LogP contribution >= 0.6 is 23.5 Å². The van der Waals surface area contributed by atoms with Gasteiger partial charge in [-0.05, 0) is 74.9 Å². The zero-order chi connectivity index (χ0) is 49.8. The largest absolute Gasteiger partial charge is 0.485 e. The summed E-state index contributed by atoms with van der Waals surface area (Å²) < 4.78 is 18.2. The Morgan fingerprint density at radius 3 is 1.50 bits per heavy atom. The van der Waals surface area contributed by atoms with E-state index in [-0.39, 0.29) is 18.1 Å². The Hall–Kier alpha value is -5.78. The number of ketones is 1. The molecule has 9 nitrogen and oxygen atoms in total. The second kappa shape index (κ2) is 22.6. The summed E-state index contributed by atoms with van der Waals surface area (Å²) in [4.78, 5) is 33.0. The van der Waals surface area contributed by atoms with Gasteiger partial charge < -0.3 is 24.6 Å². The molecule has 6 aliphatic rings. The Labute approximate surface area is 445 Å². The van der Waals surface area contributed by atoms with Gasteiger partial charge in [-0.25, -0.2) is 0 Å². The number of Topliss-reactive ketones (excluding diaryl/α,β-unsaturated/α-hetero) is 1. The van der Waals surface area contributed by atoms with Crippen molar-refractivity contribution in [1.82, 2.24) is 5.32 Å². The minimum atomic E-state index is 0.0855. The van der Waals surface area contributed by atoms with Gasteiger partial charge in [0.1, 0.15) is 42.6 Å². The second-order valence-electron chi connectivity index (χ2n) is 21.3. The topological polar surface area (TPSA) is 78.9 Å². The van der Waals surface area contributed by atoms with E-state index in [1.165, 1.54) is 114 Å². The minimum Gasteiger partial charge on any atom is -0.485 e. The van der Waals surface area contributed by atoms with Crippen molar-refractivity contribution in [2.75, 3.05) is 29.4 Å². The Kier molecular flexibility index (Phi) is 15.0. The Balaban J connectivity index is 0.484. The van der Waals surface area contributed by atoms with E-state index >= 15 is 0 Å². The molecule has 12 rings (SSSR count). The number of anilines is 2. The van der Waals surface area contributed by atoms with Gasteiger partial charge in [-0.15, -0.1) is 0 Å². The summed E-state index contributed by atoms with van der Waals surface area (Å²) in [5.74, 6) is 2.61. The highest BCUT2D eigenvalue weighted by Crippen LogP contribution is 2.56. The van der Waals surface area contributed by atoms with Crippen molar-refractivity contribution in [1.29, 1.82) is 0 Å². The highest BCUT2D eigenvalue weighted by molar-refractivity contribution is 8.04. The molecule has 0 saturated carbocycles. The molecule has 0 spiro atoms. The number of fused-ring (bicyclic) bond motifs is 10. The Morgan fingerprint density at radius 2 is 0.973 bits per heavy atom. The maximum absolute atomic E-state index is 12.7. The summed E-state index contributed by atoms with van der Waals surface area (Å²) in [6.45, 7) is 4.60. The average Bonchev–Trinajstić information content (AvgIpc) is 4.01. The van der Waals surface area contributed by atoms with Crippen LogP contribution in [0, 0.1) is 0 Å². The molecule has 0 aliphatic carbocycles. The summed E-state index contributed by atoms with van der Waals surface area (Å²) in [5, 5.41) is 8.28. The zero-order valence-corrected chi connectivity index (χ0v) is 44.6. The number of pyridine rings is 2. The van der Waals surface area contributed by atoms with Gasteiger partial charge in [0.25, 0.3) is 0 Å². The first-order valence-electron chi connectivity index (χ1n) is 28.2. The highest BCUT2D eigenvalue weighted by Gasteiger charge is 2.42. The molecule has 0 radical (unpaired) electrons. The van der Waals surface area contributed by atoms with Crippen LogP contribution in [0.15, 0.2) is 129 Å². The fourth-order valence-electron chi connectivity index (χ4n) is 12.5. The molecule has 11 heteroatoms. The van der Waals surface area contributed by atoms with E-state index in [9.17, 15) is 9.59 Å². The molecule has 74 heavy (non-hydrogen) atoms. The van der Waals surface area contributed by atoms with Crippen molar-refractivity contribution in [3.05, 3.63) is 131 Å². The van der Waals surface area contributed by atoms with Gasteiger partial charge in [0.15, 0.2) is 12.4 Å². The first-order valence-corrected chi connectivity index (χ1v) is 29.8. The van der Waals surface area contributed by atoms with Crippen LogP contribution in [0.4, 0.5) is 11.4 Å². The van der Waals surface area contributed by atoms with Crippen LogP contribution in [0.5, 0.6) is 11.5 Å². The molecule has 6 aliphatic heterocycles. The van der Waals surface area contributed by atoms with Crippen LogP contribution in [0.3, 0.4) is 0 Å². The van der Waals surface area contributed by atoms with Crippen LogP contribution in [0.25, 0.3) is 33.0 Å². The van der Waals surface area contributed by atoms with Gasteiger partial charge in [-0.1, -0.05) is 105 Å². The Morgan fingerprint density at radius 1 is 0.514 bits per heavy atom. The lowest BCUT2D eigenvalue weighted by molar-refractivity contribution is -0.672. The number of benzene rings is 4. The number of rotatable bonds is 24. The molecule has 2 atom stereocenters. The Bertz CT molecular complexity index is 2940. The van der Waals surface area contributed by atoms with E-state index in [0.29, 0.717) is 18.6 Å². The van der Waals surface area contributed by atoms with Crippen molar-refractivity contribution >= 4 is 79.5 Å². The fraction of sp³-hybridized carbons (Fsp3) is 0.429. The number of hydrogen-bond acceptors (Lipinski definition) is 8. The van der Waals surface area contributed by atoms with E-state index in [0.717, 1.165) is 121 Å². The summed E-state index contributed by atoms with van der Waals surface area (Å²) in [7, 11) is 0. The maximum atomic E-state index is 12.7. The third-order valence-electron chi connectivity index (χ3n) is 16.3. The number of carbonyl (C=O) groups excluding carboxylic acids is 2. The van der Waals surface area contributed by atoms with Crippen LogP contribution in [-0.2, 0) is 22.7 Å². The molecule has 0 saturated heterocycles. The number of thioether (sulfide) groups is 2. The van der Waals surface area contributed by atoms with Crippen LogP contribution in [-0.4, -0.2) is 43.5 Å². The van der Waals surface area contributed by atoms with Crippen molar-refractivity contribution < 1.29 is 28.2 Å². The molecule has 8 heterocycles. The molecular formula is C63H71N5O4S2+2. The van der Waals surface area contributed by atoms with Crippen molar-refractivity contribution in [2.24, 2.45) is 0 Å². The first kappa shape index (κ1) is 49.1. The monoisotopic (exact) mass is 1030 g/mol. The predicted molar refractivity (Wildman–Crippen MR) is 301 cm³/mol. The fourth-order valence-corrected chi connectivity index (χ4v) is 15.1. The number of amides is 1. The molecular weight excluding hydrogens is 955 g/mol. The number of para-hydroxylation sites is 2. The molecule has 0 fully saturated rings. The number of aromatic nitrogens is 2. The van der Waals surface area contributed by atoms with Crippen molar-refractivity contribution in [2.45, 2.75) is 164 Å². The summed E-state index contributed by atoms with van der Waals surface area (Å²) in [5.41, 5.74) is 10.4. The van der Waals surface area contributed by atoms with Gasteiger partial charge in [-0.3, -0.25) is 9.59 Å². The quantitative estimate of drug-likeness (QED) is 0.0475. The van der Waals surface area contributed by atoms with Crippen LogP contribution < -0.4 is 33.7 Å². The maximum Gasteiger partial charge on any atom is 0.219 e. The second-order valence-corrected chi connectivity index (χ2v) is 23.3. The van der Waals surface area contributed by atoms with E-state index in [1.54, 1.807) is 0 Å². The predicted octanol–water partition coefficient (Wildman–Crippen LogP) is 13.9. The molecule has 4 aromatic carbocycles. The van der Waals surface area contributed by atoms with Gasteiger partial charge in [-0.2, -0.15) is 9.13 Å². The SMILES string of the molecule is O=C(CCCCCCCCCCCNC(=O)CCCCC[n+]1ccc2c3c(cccc31)OC1CCN3C(=C21)Sc1ccccc13)CCCCC[n+]1ccc2c3c(cccc31)OC1CCN3C(=C21)Sc1ccccc13. The average molecular weight is 1030 g/mol. The smallest absolute Gasteiger partial charge is 0.219 e. The molecule has 1 N–H and O–H groups in total. The summed E-state index contributed by atoms with van der Waals surface area (Å²) in [6.07, 6.45) is 25.4. The number of aryl methyl sites for hydroxylation is 2. The van der Waals surface area contributed by atoms with Crippen LogP contribution in [0.1, 0.15) is 140 Å². The molecule has 6 aromatic rings. The van der Waals surface area contributed by atoms with Gasteiger partial charge in [0.2, 0.25) is 16.9 Å². The van der Waals surface area contributed by atoms with Gasteiger partial charge >= 0.3 is 0 Å². The van der Waals surface area contributed by atoms with Gasteiger partial charge in [0.05, 0.1) is 32.2 Å². The normalized spacial score (nSPS) is 17.6. The zero-order valence-electron chi connectivity index (χ0n) is 43.0. The van der Waals surface area contributed by atoms with Gasteiger partial charge in [0, 0.05) is 121 Å². The van der Waals surface area contributed by atoms with E-state index in [4.69, 9.17) is 9.47 Å². The highest BCUT2D eigenvalue weighted by atomic mass is 32.2. The number of nitrogens with one attached hydrogen (secondary N) is 1. The third kappa shape index (κ3) is 10.1. The lowest BCUT2D eigenvalue weighted by Gasteiger charge is -2.37. The van der Waals surface area contributed by atoms with Crippen molar-refractivity contribution in [3.63, 3.8) is 0 Å². The number of ether oxygens (including phenoxy) is 2. The molecule has 2 aromatic heterocycles. The number of hydrogen-bond donors (Lipinski definition) is 1. The lowest BCUT2D eigenvalue weighted by Crippen LogP contribution is -2.38. The molecule has 2 unspecified atom stereocenters. The summed E-state index contributed by atoms with van der Waals surface area (Å²) >= 11 is 3.77. The van der Waals surface area contributed by atoms with E-state index in [1.807, 2.05) is 23.5 Å².